The Bertz CT molecular complexity index is 556. The smallest absolute Gasteiger partial charge is 0.333 e. The SMILES string of the molecule is COc1cccc(NCCc2ncon2)c1[N+](=O)[O-]. The van der Waals surface area contributed by atoms with Crippen LogP contribution >= 0.6 is 0 Å². The van der Waals surface area contributed by atoms with Crippen LogP contribution in [0.4, 0.5) is 11.4 Å². The quantitative estimate of drug-likeness (QED) is 0.624. The highest BCUT2D eigenvalue weighted by Crippen LogP contribution is 2.34. The van der Waals surface area contributed by atoms with Crippen molar-refractivity contribution in [2.75, 3.05) is 19.0 Å². The molecule has 1 aromatic carbocycles. The first kappa shape index (κ1) is 12.8. The monoisotopic (exact) mass is 264 g/mol. The minimum Gasteiger partial charge on any atom is -0.490 e. The standard InChI is InChI=1S/C11H12N4O4/c1-18-9-4-2-3-8(11(9)15(16)17)12-6-5-10-13-7-19-14-10/h2-4,7,12H,5-6H2,1H3. The molecule has 0 spiro atoms. The summed E-state index contributed by atoms with van der Waals surface area (Å²) in [5, 5.41) is 17.7. The number of para-hydroxylation sites is 1. The van der Waals surface area contributed by atoms with E-state index in [4.69, 9.17) is 4.74 Å². The molecule has 0 fully saturated rings. The molecule has 2 aromatic rings. The molecule has 8 nitrogen and oxygen atoms in total. The summed E-state index contributed by atoms with van der Waals surface area (Å²) in [5.74, 6) is 0.757. The van der Waals surface area contributed by atoms with Crippen LogP contribution in [0, 0.1) is 10.1 Å². The van der Waals surface area contributed by atoms with Crippen LogP contribution in [0.25, 0.3) is 0 Å². The largest absolute Gasteiger partial charge is 0.490 e. The molecule has 19 heavy (non-hydrogen) atoms. The van der Waals surface area contributed by atoms with E-state index >= 15 is 0 Å². The number of aromatic nitrogens is 2. The number of benzene rings is 1. The van der Waals surface area contributed by atoms with Gasteiger partial charge in [0.2, 0.25) is 6.39 Å². The van der Waals surface area contributed by atoms with Crippen molar-refractivity contribution in [3.63, 3.8) is 0 Å². The van der Waals surface area contributed by atoms with E-state index in [1.165, 1.54) is 13.5 Å². The fourth-order valence-electron chi connectivity index (χ4n) is 1.63. The van der Waals surface area contributed by atoms with Crippen molar-refractivity contribution in [2.45, 2.75) is 6.42 Å². The van der Waals surface area contributed by atoms with Crippen molar-refractivity contribution in [2.24, 2.45) is 0 Å². The van der Waals surface area contributed by atoms with E-state index in [0.717, 1.165) is 0 Å². The third kappa shape index (κ3) is 2.97. The molecule has 0 radical (unpaired) electrons. The number of anilines is 1. The highest BCUT2D eigenvalue weighted by Gasteiger charge is 2.20. The van der Waals surface area contributed by atoms with E-state index < -0.39 is 4.92 Å². The summed E-state index contributed by atoms with van der Waals surface area (Å²) >= 11 is 0. The molecule has 0 aliphatic rings. The van der Waals surface area contributed by atoms with E-state index in [0.29, 0.717) is 24.5 Å². The second-order valence-electron chi connectivity index (χ2n) is 3.64. The molecule has 0 saturated carbocycles. The minimum atomic E-state index is -0.477. The normalized spacial score (nSPS) is 10.2. The second-order valence-corrected chi connectivity index (χ2v) is 3.64. The predicted octanol–water partition coefficient (Wildman–Crippen LogP) is 1.64. The summed E-state index contributed by atoms with van der Waals surface area (Å²) in [4.78, 5) is 14.4. The highest BCUT2D eigenvalue weighted by molar-refractivity contribution is 5.68. The molecule has 2 rings (SSSR count). The van der Waals surface area contributed by atoms with Gasteiger partial charge in [-0.2, -0.15) is 4.98 Å². The molecule has 1 N–H and O–H groups in total. The van der Waals surface area contributed by atoms with Crippen LogP contribution in [0.3, 0.4) is 0 Å². The predicted molar refractivity (Wildman–Crippen MR) is 66.1 cm³/mol. The lowest BCUT2D eigenvalue weighted by molar-refractivity contribution is -0.384. The Hall–Kier alpha value is -2.64. The van der Waals surface area contributed by atoms with Crippen LogP contribution in [-0.2, 0) is 6.42 Å². The van der Waals surface area contributed by atoms with Gasteiger partial charge in [-0.05, 0) is 12.1 Å². The topological polar surface area (TPSA) is 103 Å². The third-order valence-electron chi connectivity index (χ3n) is 2.47. The molecule has 100 valence electrons. The maximum atomic E-state index is 11.0. The fraction of sp³-hybridized carbons (Fsp3) is 0.273. The molecule has 8 heteroatoms. The maximum Gasteiger partial charge on any atom is 0.333 e. The first-order valence-corrected chi connectivity index (χ1v) is 5.53. The van der Waals surface area contributed by atoms with Crippen molar-refractivity contribution in [3.8, 4) is 5.75 Å². The molecule has 0 aliphatic heterocycles. The van der Waals surface area contributed by atoms with Gasteiger partial charge in [0.1, 0.15) is 5.69 Å². The Labute approximate surface area is 108 Å². The van der Waals surface area contributed by atoms with Gasteiger partial charge in [-0.25, -0.2) is 0 Å². The number of methoxy groups -OCH3 is 1. The van der Waals surface area contributed by atoms with Crippen molar-refractivity contribution >= 4 is 11.4 Å². The first-order chi connectivity index (χ1) is 9.22. The van der Waals surface area contributed by atoms with E-state index in [-0.39, 0.29) is 11.4 Å². The third-order valence-corrected chi connectivity index (χ3v) is 2.47. The van der Waals surface area contributed by atoms with Gasteiger partial charge in [0.15, 0.2) is 11.6 Å². The zero-order valence-electron chi connectivity index (χ0n) is 10.2. The lowest BCUT2D eigenvalue weighted by Crippen LogP contribution is -2.08. The molecule has 0 aliphatic carbocycles. The molecule has 0 unspecified atom stereocenters. The van der Waals surface area contributed by atoms with Gasteiger partial charge >= 0.3 is 5.69 Å². The second kappa shape index (κ2) is 5.80. The average Bonchev–Trinajstić information content (AvgIpc) is 2.91. The van der Waals surface area contributed by atoms with E-state index in [9.17, 15) is 10.1 Å². The van der Waals surface area contributed by atoms with Gasteiger partial charge in [0.05, 0.1) is 12.0 Å². The molecule has 0 atom stereocenters. The number of nitrogens with zero attached hydrogens (tertiary/aromatic N) is 3. The first-order valence-electron chi connectivity index (χ1n) is 5.53. The van der Waals surface area contributed by atoms with Crippen LogP contribution in [0.15, 0.2) is 29.1 Å². The summed E-state index contributed by atoms with van der Waals surface area (Å²) in [5.41, 5.74) is 0.311. The Morgan fingerprint density at radius 1 is 1.53 bits per heavy atom. The molecule has 1 heterocycles. The Balaban J connectivity index is 2.09. The van der Waals surface area contributed by atoms with Crippen molar-refractivity contribution in [3.05, 3.63) is 40.5 Å². The van der Waals surface area contributed by atoms with Gasteiger partial charge in [0.25, 0.3) is 0 Å². The lowest BCUT2D eigenvalue weighted by Gasteiger charge is -2.08. The Kier molecular flexibility index (Phi) is 3.91. The number of ether oxygens (including phenoxy) is 1. The van der Waals surface area contributed by atoms with Gasteiger partial charge in [-0.1, -0.05) is 11.2 Å². The molecule has 0 amide bonds. The number of nitro groups is 1. The van der Waals surface area contributed by atoms with Crippen LogP contribution in [-0.4, -0.2) is 28.7 Å². The number of hydrogen-bond acceptors (Lipinski definition) is 7. The van der Waals surface area contributed by atoms with E-state index in [1.54, 1.807) is 18.2 Å². The highest BCUT2D eigenvalue weighted by atomic mass is 16.6. The minimum absolute atomic E-state index is 0.0851. The van der Waals surface area contributed by atoms with Crippen molar-refractivity contribution in [1.82, 2.24) is 10.1 Å². The summed E-state index contributed by atoms with van der Waals surface area (Å²) in [6.07, 6.45) is 1.74. The average molecular weight is 264 g/mol. The maximum absolute atomic E-state index is 11.0. The summed E-state index contributed by atoms with van der Waals surface area (Å²) in [7, 11) is 1.39. The Morgan fingerprint density at radius 3 is 3.00 bits per heavy atom. The van der Waals surface area contributed by atoms with E-state index in [1.807, 2.05) is 0 Å². The summed E-state index contributed by atoms with van der Waals surface area (Å²) < 4.78 is 9.58. The van der Waals surface area contributed by atoms with Gasteiger partial charge in [-0.3, -0.25) is 10.1 Å². The molecule has 0 bridgehead atoms. The number of hydrogen-bond donors (Lipinski definition) is 1. The Morgan fingerprint density at radius 2 is 2.37 bits per heavy atom. The van der Waals surface area contributed by atoms with Crippen LogP contribution in [0.1, 0.15) is 5.82 Å². The summed E-state index contributed by atoms with van der Waals surface area (Å²) in [6.45, 7) is 0.452. The van der Waals surface area contributed by atoms with Gasteiger partial charge in [-0.15, -0.1) is 0 Å². The molecular formula is C11H12N4O4. The van der Waals surface area contributed by atoms with E-state index in [2.05, 4.69) is 20.0 Å². The van der Waals surface area contributed by atoms with Crippen LogP contribution in [0.5, 0.6) is 5.75 Å². The number of nitrogens with one attached hydrogen (secondary N) is 1. The fourth-order valence-corrected chi connectivity index (χ4v) is 1.63. The van der Waals surface area contributed by atoms with Gasteiger partial charge in [0, 0.05) is 13.0 Å². The summed E-state index contributed by atoms with van der Waals surface area (Å²) in [6, 6.07) is 4.85. The number of rotatable bonds is 6. The molecule has 0 saturated heterocycles. The van der Waals surface area contributed by atoms with Crippen LogP contribution < -0.4 is 10.1 Å². The molecular weight excluding hydrogens is 252 g/mol. The zero-order chi connectivity index (χ0) is 13.7. The van der Waals surface area contributed by atoms with Gasteiger partial charge < -0.3 is 14.6 Å². The lowest BCUT2D eigenvalue weighted by atomic mass is 10.2. The zero-order valence-corrected chi connectivity index (χ0v) is 10.2. The van der Waals surface area contributed by atoms with Crippen molar-refractivity contribution < 1.29 is 14.2 Å². The van der Waals surface area contributed by atoms with Crippen molar-refractivity contribution in [1.29, 1.82) is 0 Å². The number of nitro benzene ring substituents is 1. The molecule has 1 aromatic heterocycles. The van der Waals surface area contributed by atoms with Crippen LogP contribution in [0.2, 0.25) is 0 Å².